The average Bonchev–Trinajstić information content (AvgIpc) is 3.24. The van der Waals surface area contributed by atoms with Crippen molar-refractivity contribution in [2.45, 2.75) is 64.6 Å². The molecule has 2 aliphatic rings. The summed E-state index contributed by atoms with van der Waals surface area (Å²) in [5.41, 5.74) is 7.06. The fraction of sp³-hybridized carbons (Fsp3) is 0.227. The van der Waals surface area contributed by atoms with Crippen LogP contribution in [0, 0.1) is 20.2 Å². The molecule has 0 bridgehead atoms. The number of fused-ring (bicyclic) bond motifs is 2. The zero-order valence-electron chi connectivity index (χ0n) is 31.0. The Balaban J connectivity index is 0.000000172. The van der Waals surface area contributed by atoms with Crippen molar-refractivity contribution >= 4 is 11.4 Å². The molecule has 6 aromatic rings. The second kappa shape index (κ2) is 17.1. The van der Waals surface area contributed by atoms with Crippen LogP contribution in [-0.4, -0.2) is 19.8 Å². The number of rotatable bonds is 10. The Hall–Kier alpha value is -6.82. The van der Waals surface area contributed by atoms with Crippen LogP contribution in [0.25, 0.3) is 0 Å². The molecule has 0 amide bonds. The molecule has 12 heteroatoms. The fourth-order valence-electron chi connectivity index (χ4n) is 6.59. The normalized spacial score (nSPS) is 15.4. The summed E-state index contributed by atoms with van der Waals surface area (Å²) >= 11 is 0. The van der Waals surface area contributed by atoms with Crippen molar-refractivity contribution in [2.75, 3.05) is 0 Å². The number of aryl methyl sites for hydroxylation is 4. The SMILES string of the molecule is CCc1ccc(C2CCc3cc(Oc4ccc([N+](=O)[O-])cn4)ccc3O2)cc1.CCc1ccc(C2CCc3cc(Oc4ccc([N+](=O)[O-])cn4)ccc3O2)cc1. The van der Waals surface area contributed by atoms with Gasteiger partial charge in [-0.3, -0.25) is 20.2 Å². The van der Waals surface area contributed by atoms with Crippen LogP contribution < -0.4 is 18.9 Å². The maximum atomic E-state index is 10.7. The van der Waals surface area contributed by atoms with Gasteiger partial charge in [0.15, 0.2) is 0 Å². The average molecular weight is 753 g/mol. The summed E-state index contributed by atoms with van der Waals surface area (Å²) in [6.45, 7) is 4.29. The van der Waals surface area contributed by atoms with E-state index in [4.69, 9.17) is 18.9 Å². The molecule has 2 aliphatic heterocycles. The first kappa shape index (κ1) is 37.5. The van der Waals surface area contributed by atoms with E-state index < -0.39 is 9.85 Å². The highest BCUT2D eigenvalue weighted by atomic mass is 16.6. The van der Waals surface area contributed by atoms with Crippen LogP contribution in [0.5, 0.6) is 34.8 Å². The molecule has 0 fully saturated rings. The molecule has 4 aromatic carbocycles. The topological polar surface area (TPSA) is 149 Å². The van der Waals surface area contributed by atoms with E-state index in [0.717, 1.165) is 61.2 Å². The summed E-state index contributed by atoms with van der Waals surface area (Å²) in [7, 11) is 0. The van der Waals surface area contributed by atoms with Crippen molar-refractivity contribution in [3.63, 3.8) is 0 Å². The highest BCUT2D eigenvalue weighted by Crippen LogP contribution is 2.39. The molecular weight excluding hydrogens is 713 g/mol. The maximum Gasteiger partial charge on any atom is 0.287 e. The Labute approximate surface area is 324 Å². The van der Waals surface area contributed by atoms with Gasteiger partial charge < -0.3 is 18.9 Å². The lowest BCUT2D eigenvalue weighted by Crippen LogP contribution is -2.15. The second-order valence-corrected chi connectivity index (χ2v) is 13.4. The fourth-order valence-corrected chi connectivity index (χ4v) is 6.59. The lowest BCUT2D eigenvalue weighted by molar-refractivity contribution is -0.385. The van der Waals surface area contributed by atoms with E-state index in [0.29, 0.717) is 23.3 Å². The van der Waals surface area contributed by atoms with Gasteiger partial charge in [0.2, 0.25) is 11.8 Å². The second-order valence-electron chi connectivity index (χ2n) is 13.4. The molecule has 56 heavy (non-hydrogen) atoms. The molecule has 0 spiro atoms. The van der Waals surface area contributed by atoms with Gasteiger partial charge in [-0.15, -0.1) is 0 Å². The highest BCUT2D eigenvalue weighted by molar-refractivity contribution is 5.45. The number of hydrogen-bond donors (Lipinski definition) is 0. The lowest BCUT2D eigenvalue weighted by atomic mass is 9.96. The van der Waals surface area contributed by atoms with Gasteiger partial charge in [0.1, 0.15) is 47.6 Å². The van der Waals surface area contributed by atoms with Crippen LogP contribution in [0.4, 0.5) is 11.4 Å². The van der Waals surface area contributed by atoms with Gasteiger partial charge >= 0.3 is 0 Å². The van der Waals surface area contributed by atoms with Crippen molar-refractivity contribution in [2.24, 2.45) is 0 Å². The largest absolute Gasteiger partial charge is 0.485 e. The molecule has 0 N–H and O–H groups in total. The van der Waals surface area contributed by atoms with E-state index in [2.05, 4.69) is 72.3 Å². The summed E-state index contributed by atoms with van der Waals surface area (Å²) in [6.07, 6.45) is 8.12. The summed E-state index contributed by atoms with van der Waals surface area (Å²) in [5, 5.41) is 21.4. The molecule has 2 unspecified atom stereocenters. The zero-order valence-corrected chi connectivity index (χ0v) is 31.0. The number of ether oxygens (including phenoxy) is 4. The summed E-state index contributed by atoms with van der Waals surface area (Å²) in [4.78, 5) is 28.4. The van der Waals surface area contributed by atoms with Crippen molar-refractivity contribution in [1.29, 1.82) is 0 Å². The van der Waals surface area contributed by atoms with Gasteiger partial charge in [0.05, 0.1) is 9.85 Å². The number of benzene rings is 4. The predicted molar refractivity (Wildman–Crippen MR) is 210 cm³/mol. The molecular formula is C44H40N4O8. The van der Waals surface area contributed by atoms with Crippen molar-refractivity contribution < 1.29 is 28.8 Å². The lowest BCUT2D eigenvalue weighted by Gasteiger charge is -2.27. The van der Waals surface area contributed by atoms with Crippen LogP contribution in [-0.2, 0) is 25.7 Å². The molecule has 0 saturated carbocycles. The molecule has 2 aromatic heterocycles. The third-order valence-corrected chi connectivity index (χ3v) is 9.78. The van der Waals surface area contributed by atoms with Crippen molar-refractivity contribution in [3.05, 3.63) is 175 Å². The molecule has 12 nitrogen and oxygen atoms in total. The summed E-state index contributed by atoms with van der Waals surface area (Å²) in [6, 6.07) is 34.3. The summed E-state index contributed by atoms with van der Waals surface area (Å²) < 4.78 is 23.8. The van der Waals surface area contributed by atoms with E-state index in [-0.39, 0.29) is 23.6 Å². The van der Waals surface area contributed by atoms with E-state index in [1.165, 1.54) is 58.9 Å². The molecule has 4 heterocycles. The number of nitrogens with zero attached hydrogens (tertiary/aromatic N) is 4. The zero-order chi connectivity index (χ0) is 39.0. The Morgan fingerprint density at radius 1 is 0.589 bits per heavy atom. The minimum atomic E-state index is -0.487. The standard InChI is InChI=1S/2C22H20N2O4/c2*1-2-15-3-5-16(6-4-15)20-10-7-17-13-19(9-11-21(17)28-20)27-22-12-8-18(14-23-22)24(25)26/h2*3-6,8-9,11-14,20H,2,7,10H2,1H3. The van der Waals surface area contributed by atoms with E-state index in [1.54, 1.807) is 0 Å². The predicted octanol–water partition coefficient (Wildman–Crippen LogP) is 10.8. The Kier molecular flexibility index (Phi) is 11.5. The molecule has 2 atom stereocenters. The first-order chi connectivity index (χ1) is 27.2. The van der Waals surface area contributed by atoms with Crippen LogP contribution in [0.1, 0.15) is 72.3 Å². The molecule has 8 rings (SSSR count). The molecule has 0 radical (unpaired) electrons. The molecule has 0 saturated heterocycles. The summed E-state index contributed by atoms with van der Waals surface area (Å²) in [5.74, 6) is 3.62. The van der Waals surface area contributed by atoms with Gasteiger partial charge in [-0.05, 0) is 108 Å². The van der Waals surface area contributed by atoms with Gasteiger partial charge in [-0.25, -0.2) is 9.97 Å². The van der Waals surface area contributed by atoms with Crippen LogP contribution >= 0.6 is 0 Å². The van der Waals surface area contributed by atoms with Crippen LogP contribution in [0.2, 0.25) is 0 Å². The Bertz CT molecular complexity index is 2130. The quantitative estimate of drug-likeness (QED) is 0.0977. The van der Waals surface area contributed by atoms with Crippen LogP contribution in [0.15, 0.2) is 122 Å². The molecule has 284 valence electrons. The monoisotopic (exact) mass is 752 g/mol. The smallest absolute Gasteiger partial charge is 0.287 e. The molecule has 0 aliphatic carbocycles. The van der Waals surface area contributed by atoms with Gasteiger partial charge in [-0.1, -0.05) is 62.4 Å². The van der Waals surface area contributed by atoms with Crippen molar-refractivity contribution in [3.8, 4) is 34.8 Å². The van der Waals surface area contributed by atoms with Gasteiger partial charge in [-0.2, -0.15) is 0 Å². The third kappa shape index (κ3) is 9.09. The number of aromatic nitrogens is 2. The number of hydrogen-bond acceptors (Lipinski definition) is 10. The first-order valence-electron chi connectivity index (χ1n) is 18.6. The van der Waals surface area contributed by atoms with Crippen molar-refractivity contribution in [1.82, 2.24) is 9.97 Å². The number of pyridine rings is 2. The van der Waals surface area contributed by atoms with Gasteiger partial charge in [0.25, 0.3) is 11.4 Å². The van der Waals surface area contributed by atoms with E-state index in [1.807, 2.05) is 36.4 Å². The Morgan fingerprint density at radius 3 is 1.34 bits per heavy atom. The maximum absolute atomic E-state index is 10.7. The first-order valence-corrected chi connectivity index (χ1v) is 18.6. The Morgan fingerprint density at radius 2 is 1.00 bits per heavy atom. The number of nitro groups is 2. The highest BCUT2D eigenvalue weighted by Gasteiger charge is 2.23. The van der Waals surface area contributed by atoms with Crippen LogP contribution in [0.3, 0.4) is 0 Å². The van der Waals surface area contributed by atoms with E-state index >= 15 is 0 Å². The minimum Gasteiger partial charge on any atom is -0.485 e. The van der Waals surface area contributed by atoms with E-state index in [9.17, 15) is 20.2 Å². The van der Waals surface area contributed by atoms with Gasteiger partial charge in [0, 0.05) is 24.3 Å². The third-order valence-electron chi connectivity index (χ3n) is 9.78. The minimum absolute atomic E-state index is 0.0570.